The Bertz CT molecular complexity index is 84.2. The molecule has 0 aromatic rings. The van der Waals surface area contributed by atoms with Crippen LogP contribution < -0.4 is 0 Å². The van der Waals surface area contributed by atoms with E-state index in [1.807, 2.05) is 0 Å². The number of thiol groups is 1. The lowest BCUT2D eigenvalue weighted by Crippen LogP contribution is -2.12. The summed E-state index contributed by atoms with van der Waals surface area (Å²) in [4.78, 5) is 0. The second-order valence-electron chi connectivity index (χ2n) is 2.07. The summed E-state index contributed by atoms with van der Waals surface area (Å²) in [6.07, 6.45) is 5.65. The summed E-state index contributed by atoms with van der Waals surface area (Å²) in [7, 11) is 0. The van der Waals surface area contributed by atoms with Gasteiger partial charge in [-0.1, -0.05) is 19.1 Å². The van der Waals surface area contributed by atoms with Crippen LogP contribution in [0.25, 0.3) is 0 Å². The van der Waals surface area contributed by atoms with E-state index in [1.165, 1.54) is 6.42 Å². The molecule has 1 aliphatic rings. The minimum absolute atomic E-state index is 0.560. The third-order valence-corrected chi connectivity index (χ3v) is 1.79. The zero-order valence-electron chi connectivity index (χ0n) is 4.46. The Morgan fingerprint density at radius 3 is 2.43 bits per heavy atom. The lowest BCUT2D eigenvalue weighted by molar-refractivity contribution is 0.607. The molecule has 7 heavy (non-hydrogen) atoms. The van der Waals surface area contributed by atoms with Gasteiger partial charge in [0.25, 0.3) is 0 Å². The normalized spacial score (nSPS) is 32.0. The molecule has 1 rings (SSSR count). The molecule has 0 aromatic carbocycles. The topological polar surface area (TPSA) is 0 Å². The third kappa shape index (κ3) is 1.00. The van der Waals surface area contributed by atoms with Gasteiger partial charge < -0.3 is 0 Å². The van der Waals surface area contributed by atoms with Crippen LogP contribution in [0.2, 0.25) is 0 Å². The van der Waals surface area contributed by atoms with Crippen molar-refractivity contribution in [3.8, 4) is 0 Å². The summed E-state index contributed by atoms with van der Waals surface area (Å²) in [6, 6.07) is 0. The van der Waals surface area contributed by atoms with Crippen molar-refractivity contribution in [3.05, 3.63) is 12.2 Å². The minimum Gasteiger partial charge on any atom is -0.176 e. The summed E-state index contributed by atoms with van der Waals surface area (Å²) >= 11 is 4.27. The molecule has 0 radical (unpaired) electrons. The van der Waals surface area contributed by atoms with Crippen molar-refractivity contribution in [2.24, 2.45) is 5.92 Å². The van der Waals surface area contributed by atoms with E-state index in [9.17, 15) is 0 Å². The summed E-state index contributed by atoms with van der Waals surface area (Å²) in [5.74, 6) is 0.767. The first-order valence-electron chi connectivity index (χ1n) is 2.65. The van der Waals surface area contributed by atoms with Gasteiger partial charge >= 0.3 is 0 Å². The van der Waals surface area contributed by atoms with Crippen molar-refractivity contribution in [1.29, 1.82) is 0 Å². The predicted molar refractivity (Wildman–Crippen MR) is 35.7 cm³/mol. The Labute approximate surface area is 50.0 Å². The Hall–Kier alpha value is 0.0900. The zero-order valence-corrected chi connectivity index (χ0v) is 5.36. The molecule has 0 heterocycles. The highest BCUT2D eigenvalue weighted by Crippen LogP contribution is 2.23. The van der Waals surface area contributed by atoms with Crippen molar-refractivity contribution in [2.45, 2.75) is 18.6 Å². The standard InChI is InChI=1S/C6H10S/c1-5(7)6-3-2-4-6/h2-3,5-7H,4H2,1H3. The molecule has 0 amide bonds. The maximum Gasteiger partial charge on any atom is 0.00542 e. The molecule has 0 saturated heterocycles. The molecule has 0 aliphatic heterocycles. The SMILES string of the molecule is CC(S)C1C=CC1. The molecule has 2 atom stereocenters. The van der Waals surface area contributed by atoms with Gasteiger partial charge in [0.15, 0.2) is 0 Å². The van der Waals surface area contributed by atoms with Crippen LogP contribution in [0.4, 0.5) is 0 Å². The smallest absolute Gasteiger partial charge is 0.00542 e. The van der Waals surface area contributed by atoms with E-state index in [-0.39, 0.29) is 0 Å². The van der Waals surface area contributed by atoms with Crippen molar-refractivity contribution in [1.82, 2.24) is 0 Å². The molecule has 1 heteroatoms. The summed E-state index contributed by atoms with van der Waals surface area (Å²) < 4.78 is 0. The number of hydrogen-bond donors (Lipinski definition) is 1. The molecule has 0 fully saturated rings. The van der Waals surface area contributed by atoms with Gasteiger partial charge in [-0.3, -0.25) is 0 Å². The van der Waals surface area contributed by atoms with Gasteiger partial charge in [-0.05, 0) is 12.3 Å². The Balaban J connectivity index is 2.29. The van der Waals surface area contributed by atoms with Crippen molar-refractivity contribution >= 4 is 12.6 Å². The van der Waals surface area contributed by atoms with Gasteiger partial charge in [0.1, 0.15) is 0 Å². The van der Waals surface area contributed by atoms with E-state index in [1.54, 1.807) is 0 Å². The highest BCUT2D eigenvalue weighted by Gasteiger charge is 2.13. The van der Waals surface area contributed by atoms with Gasteiger partial charge in [-0.2, -0.15) is 12.6 Å². The third-order valence-electron chi connectivity index (χ3n) is 1.41. The molecule has 0 saturated carbocycles. The maximum absolute atomic E-state index is 4.27. The van der Waals surface area contributed by atoms with Crippen LogP contribution in [0, 0.1) is 5.92 Å². The first kappa shape index (κ1) is 5.23. The highest BCUT2D eigenvalue weighted by molar-refractivity contribution is 7.80. The predicted octanol–water partition coefficient (Wildman–Crippen LogP) is 1.88. The van der Waals surface area contributed by atoms with Crippen molar-refractivity contribution in [3.63, 3.8) is 0 Å². The first-order chi connectivity index (χ1) is 3.30. The Morgan fingerprint density at radius 2 is 2.43 bits per heavy atom. The van der Waals surface area contributed by atoms with Crippen LogP contribution >= 0.6 is 12.6 Å². The molecule has 40 valence electrons. The molecule has 0 spiro atoms. The molecule has 0 nitrogen and oxygen atoms in total. The molecular weight excluding hydrogens is 104 g/mol. The van der Waals surface area contributed by atoms with Crippen LogP contribution in [0.5, 0.6) is 0 Å². The Morgan fingerprint density at radius 1 is 1.86 bits per heavy atom. The number of allylic oxidation sites excluding steroid dienone is 2. The molecule has 0 bridgehead atoms. The average Bonchev–Trinajstić information content (AvgIpc) is 1.23. The second kappa shape index (κ2) is 1.91. The summed E-state index contributed by atoms with van der Waals surface area (Å²) in [5.41, 5.74) is 0. The zero-order chi connectivity index (χ0) is 5.28. The largest absolute Gasteiger partial charge is 0.176 e. The van der Waals surface area contributed by atoms with Crippen molar-refractivity contribution < 1.29 is 0 Å². The number of hydrogen-bond acceptors (Lipinski definition) is 1. The second-order valence-corrected chi connectivity index (χ2v) is 2.88. The van der Waals surface area contributed by atoms with E-state index in [0.717, 1.165) is 5.92 Å². The van der Waals surface area contributed by atoms with Crippen LogP contribution in [0.15, 0.2) is 12.2 Å². The van der Waals surface area contributed by atoms with E-state index in [4.69, 9.17) is 0 Å². The number of rotatable bonds is 1. The molecule has 1 aliphatic carbocycles. The van der Waals surface area contributed by atoms with Crippen LogP contribution in [-0.2, 0) is 0 Å². The fourth-order valence-corrected chi connectivity index (χ4v) is 0.872. The molecule has 2 unspecified atom stereocenters. The molecule has 0 N–H and O–H groups in total. The summed E-state index contributed by atoms with van der Waals surface area (Å²) in [6.45, 7) is 2.14. The monoisotopic (exact) mass is 114 g/mol. The molecular formula is C6H10S. The van der Waals surface area contributed by atoms with Crippen LogP contribution in [0.1, 0.15) is 13.3 Å². The van der Waals surface area contributed by atoms with Gasteiger partial charge in [0.05, 0.1) is 0 Å². The van der Waals surface area contributed by atoms with Crippen LogP contribution in [-0.4, -0.2) is 5.25 Å². The van der Waals surface area contributed by atoms with E-state index in [2.05, 4.69) is 31.7 Å². The fraction of sp³-hybridized carbons (Fsp3) is 0.667. The Kier molecular flexibility index (Phi) is 1.43. The fourth-order valence-electron chi connectivity index (χ4n) is 0.651. The quantitative estimate of drug-likeness (QED) is 0.390. The lowest BCUT2D eigenvalue weighted by Gasteiger charge is -2.20. The van der Waals surface area contributed by atoms with Gasteiger partial charge in [-0.15, -0.1) is 0 Å². The molecule has 0 aromatic heterocycles. The van der Waals surface area contributed by atoms with Gasteiger partial charge in [0.2, 0.25) is 0 Å². The van der Waals surface area contributed by atoms with Crippen LogP contribution in [0.3, 0.4) is 0 Å². The maximum atomic E-state index is 4.27. The average molecular weight is 114 g/mol. The van der Waals surface area contributed by atoms with E-state index >= 15 is 0 Å². The first-order valence-corrected chi connectivity index (χ1v) is 3.17. The van der Waals surface area contributed by atoms with Crippen molar-refractivity contribution in [2.75, 3.05) is 0 Å². The summed E-state index contributed by atoms with van der Waals surface area (Å²) in [5, 5.41) is 0.560. The minimum atomic E-state index is 0.560. The van der Waals surface area contributed by atoms with E-state index in [0.29, 0.717) is 5.25 Å². The van der Waals surface area contributed by atoms with Gasteiger partial charge in [-0.25, -0.2) is 0 Å². The van der Waals surface area contributed by atoms with Gasteiger partial charge in [0, 0.05) is 5.25 Å². The van der Waals surface area contributed by atoms with E-state index < -0.39 is 0 Å². The highest BCUT2D eigenvalue weighted by atomic mass is 32.1. The lowest BCUT2D eigenvalue weighted by atomic mass is 9.93.